The molecule has 2 aromatic carbocycles. The van der Waals surface area contributed by atoms with E-state index in [2.05, 4.69) is 36.6 Å². The molecule has 4 rings (SSSR count). The fraction of sp³-hybridized carbons (Fsp3) is 0.286. The molecule has 2 heterocycles. The summed E-state index contributed by atoms with van der Waals surface area (Å²) in [4.78, 5) is 28.7. The highest BCUT2D eigenvalue weighted by atomic mass is 79.9. The number of rotatable bonds is 6. The van der Waals surface area contributed by atoms with Gasteiger partial charge >= 0.3 is 12.4 Å². The maximum absolute atomic E-state index is 14.6. The number of amides is 2. The number of pyridine rings is 1. The molecule has 0 saturated carbocycles. The van der Waals surface area contributed by atoms with Crippen molar-refractivity contribution in [2.24, 2.45) is 5.10 Å². The van der Waals surface area contributed by atoms with E-state index in [1.54, 1.807) is 0 Å². The number of carbonyl (C=O) groups excluding carboxylic acids is 2. The summed E-state index contributed by atoms with van der Waals surface area (Å²) in [5.74, 6) is -1.30. The molecule has 0 saturated heterocycles. The van der Waals surface area contributed by atoms with Crippen LogP contribution in [0.25, 0.3) is 0 Å². The van der Waals surface area contributed by atoms with Crippen LogP contribution in [-0.2, 0) is 5.54 Å². The molecule has 3 aromatic rings. The van der Waals surface area contributed by atoms with Gasteiger partial charge in [-0.05, 0) is 67.8 Å². The van der Waals surface area contributed by atoms with Crippen molar-refractivity contribution in [2.75, 3.05) is 10.6 Å². The van der Waals surface area contributed by atoms with Crippen molar-refractivity contribution in [3.8, 4) is 0 Å². The van der Waals surface area contributed by atoms with Crippen molar-refractivity contribution in [1.29, 1.82) is 0 Å². The molecule has 43 heavy (non-hydrogen) atoms. The average Bonchev–Trinajstić information content (AvgIpc) is 3.23. The molecule has 1 aliphatic rings. The minimum Gasteiger partial charge on any atom is -0.322 e. The van der Waals surface area contributed by atoms with Crippen LogP contribution >= 0.6 is 27.5 Å². The number of benzene rings is 2. The second kappa shape index (κ2) is 11.8. The van der Waals surface area contributed by atoms with Crippen molar-refractivity contribution >= 4 is 56.9 Å². The lowest BCUT2D eigenvalue weighted by molar-refractivity contribution is -0.352. The van der Waals surface area contributed by atoms with E-state index in [1.807, 2.05) is 0 Å². The zero-order chi connectivity index (χ0) is 31.9. The highest BCUT2D eigenvalue weighted by Gasteiger charge is 2.76. The summed E-state index contributed by atoms with van der Waals surface area (Å²) in [7, 11) is 0. The summed E-state index contributed by atoms with van der Waals surface area (Å²) in [5.41, 5.74) is -5.22. The van der Waals surface area contributed by atoms with E-state index in [0.29, 0.717) is 0 Å². The molecule has 15 heteroatoms. The predicted molar refractivity (Wildman–Crippen MR) is 154 cm³/mol. The molecular weight excluding hydrogens is 668 g/mol. The lowest BCUT2D eigenvalue weighted by atomic mass is 9.84. The van der Waals surface area contributed by atoms with Crippen molar-refractivity contribution < 1.29 is 35.9 Å². The van der Waals surface area contributed by atoms with Crippen molar-refractivity contribution in [3.63, 3.8) is 0 Å². The lowest BCUT2D eigenvalue weighted by Crippen LogP contribution is -2.65. The van der Waals surface area contributed by atoms with Crippen molar-refractivity contribution in [3.05, 3.63) is 87.7 Å². The van der Waals surface area contributed by atoms with Crippen LogP contribution in [0.4, 0.5) is 37.7 Å². The van der Waals surface area contributed by atoms with E-state index in [9.17, 15) is 35.9 Å². The summed E-state index contributed by atoms with van der Waals surface area (Å²) in [6.07, 6.45) is -9.25. The maximum atomic E-state index is 14.6. The fourth-order valence-electron chi connectivity index (χ4n) is 4.82. The van der Waals surface area contributed by atoms with E-state index in [1.165, 1.54) is 63.4 Å². The number of hydrogen-bond donors (Lipinski definition) is 2. The molecule has 1 aromatic heterocycles. The maximum Gasteiger partial charge on any atom is 0.426 e. The Hall–Kier alpha value is -3.65. The molecule has 0 aliphatic carbocycles. The molecule has 2 unspecified atom stereocenters. The molecule has 7 nitrogen and oxygen atoms in total. The first-order chi connectivity index (χ1) is 20.0. The third kappa shape index (κ3) is 5.94. The number of carbonyl (C=O) groups is 2. The van der Waals surface area contributed by atoms with Crippen molar-refractivity contribution in [2.45, 2.75) is 49.5 Å². The normalized spacial score (nSPS) is 17.2. The van der Waals surface area contributed by atoms with Gasteiger partial charge in [0.05, 0.1) is 16.4 Å². The number of nitrogens with zero attached hydrogens (tertiary/aromatic N) is 3. The van der Waals surface area contributed by atoms with Gasteiger partial charge < -0.3 is 10.6 Å². The quantitative estimate of drug-likeness (QED) is 0.158. The van der Waals surface area contributed by atoms with Gasteiger partial charge in [0.25, 0.3) is 17.4 Å². The van der Waals surface area contributed by atoms with E-state index >= 15 is 0 Å². The van der Waals surface area contributed by atoms with Crippen LogP contribution in [0.2, 0.25) is 5.15 Å². The van der Waals surface area contributed by atoms with Crippen LogP contribution in [0.15, 0.2) is 59.8 Å². The molecule has 228 valence electrons. The first-order valence-corrected chi connectivity index (χ1v) is 13.8. The van der Waals surface area contributed by atoms with Gasteiger partial charge in [0.15, 0.2) is 0 Å². The zero-order valence-corrected chi connectivity index (χ0v) is 25.0. The number of aryl methyl sites for hydroxylation is 2. The number of aromatic nitrogens is 1. The second-order valence-corrected chi connectivity index (χ2v) is 11.2. The van der Waals surface area contributed by atoms with Crippen molar-refractivity contribution in [1.82, 2.24) is 9.99 Å². The van der Waals surface area contributed by atoms with Gasteiger partial charge in [-0.15, -0.1) is 0 Å². The first-order valence-electron chi connectivity index (χ1n) is 12.5. The number of hydrogen-bond acceptors (Lipinski definition) is 5. The lowest BCUT2D eigenvalue weighted by Gasteiger charge is -2.45. The minimum absolute atomic E-state index is 0.0252. The summed E-state index contributed by atoms with van der Waals surface area (Å²) >= 11 is 9.01. The number of halogens is 8. The number of alkyl halides is 7. The van der Waals surface area contributed by atoms with Gasteiger partial charge in [-0.1, -0.05) is 45.7 Å². The minimum atomic E-state index is -5.82. The topological polar surface area (TPSA) is 86.7 Å². The molecule has 1 aliphatic heterocycles. The highest BCUT2D eigenvalue weighted by Crippen LogP contribution is 2.56. The Morgan fingerprint density at radius 3 is 2.09 bits per heavy atom. The summed E-state index contributed by atoms with van der Waals surface area (Å²) in [6, 6.07) is 8.95. The number of hydrazone groups is 1. The Labute approximate surface area is 255 Å². The first kappa shape index (κ1) is 32.3. The van der Waals surface area contributed by atoms with Crippen LogP contribution in [0.3, 0.4) is 0 Å². The largest absolute Gasteiger partial charge is 0.426 e. The Morgan fingerprint density at radius 1 is 0.930 bits per heavy atom. The van der Waals surface area contributed by atoms with E-state index in [4.69, 9.17) is 11.6 Å². The van der Waals surface area contributed by atoms with Gasteiger partial charge in [0, 0.05) is 29.3 Å². The number of anilines is 2. The zero-order valence-electron chi connectivity index (χ0n) is 22.6. The molecular formula is C28H23BrClF6N5O2. The monoisotopic (exact) mass is 689 g/mol. The van der Waals surface area contributed by atoms with Crippen LogP contribution in [0.1, 0.15) is 44.3 Å². The molecule has 2 amide bonds. The molecule has 0 spiro atoms. The summed E-state index contributed by atoms with van der Waals surface area (Å²) in [5, 5.41) is 8.66. The highest BCUT2D eigenvalue weighted by molar-refractivity contribution is 9.10. The third-order valence-electron chi connectivity index (χ3n) is 6.92. The van der Waals surface area contributed by atoms with E-state index < -0.39 is 46.1 Å². The molecule has 0 fully saturated rings. The smallest absolute Gasteiger partial charge is 0.322 e. The van der Waals surface area contributed by atoms with Crippen LogP contribution < -0.4 is 10.6 Å². The van der Waals surface area contributed by atoms with E-state index in [-0.39, 0.29) is 43.8 Å². The molecule has 0 bridgehead atoms. The average molecular weight is 691 g/mol. The molecule has 2 atom stereocenters. The van der Waals surface area contributed by atoms with E-state index in [0.717, 1.165) is 18.3 Å². The SMILES string of the molecule is Cc1cc(C(N2N=CC(Br)C2C)(C(F)(F)F)C(F)(F)F)cc(C)c1NC(=O)c1cccc(NC(=O)c2cccnc2Cl)c1. The Kier molecular flexibility index (Phi) is 8.85. The molecule has 2 N–H and O–H groups in total. The number of nitrogens with one attached hydrogen (secondary N) is 2. The van der Waals surface area contributed by atoms with Gasteiger partial charge in [-0.25, -0.2) is 4.98 Å². The summed E-state index contributed by atoms with van der Waals surface area (Å²) < 4.78 is 87.6. The Balaban J connectivity index is 1.67. The predicted octanol–water partition coefficient (Wildman–Crippen LogP) is 7.63. The fourth-order valence-corrected chi connectivity index (χ4v) is 5.35. The van der Waals surface area contributed by atoms with Gasteiger partial charge in [0.1, 0.15) is 5.15 Å². The van der Waals surface area contributed by atoms with Gasteiger partial charge in [-0.2, -0.15) is 31.4 Å². The third-order valence-corrected chi connectivity index (χ3v) is 8.22. The summed E-state index contributed by atoms with van der Waals surface area (Å²) in [6.45, 7) is 3.79. The van der Waals surface area contributed by atoms with Crippen LogP contribution in [0.5, 0.6) is 0 Å². The van der Waals surface area contributed by atoms with Crippen LogP contribution in [0, 0.1) is 13.8 Å². The molecule has 0 radical (unpaired) electrons. The van der Waals surface area contributed by atoms with Gasteiger partial charge in [0.2, 0.25) is 0 Å². The van der Waals surface area contributed by atoms with Crippen LogP contribution in [-0.4, -0.2) is 51.2 Å². The standard InChI is InChI=1S/C28H23BrClF6N5O2/c1-14-10-18(26(27(31,32)33,28(34,35)36)41-16(3)21(29)13-38-41)11-15(2)22(14)40-24(42)17-6-4-7-19(12-17)39-25(43)20-8-5-9-37-23(20)30/h4-13,16,21H,1-3H3,(H,39,43)(H,40,42). The Bertz CT molecular complexity index is 1560. The Morgan fingerprint density at radius 2 is 1.56 bits per heavy atom. The second-order valence-electron chi connectivity index (χ2n) is 9.82. The van der Waals surface area contributed by atoms with Gasteiger partial charge in [-0.3, -0.25) is 14.6 Å².